The van der Waals surface area contributed by atoms with Crippen LogP contribution in [0.4, 0.5) is 5.69 Å². The second kappa shape index (κ2) is 15.1. The molecular formula is C38H52N2O4. The van der Waals surface area contributed by atoms with Crippen LogP contribution in [0.2, 0.25) is 0 Å². The highest BCUT2D eigenvalue weighted by atomic mass is 16.3. The van der Waals surface area contributed by atoms with Crippen molar-refractivity contribution in [2.45, 2.75) is 104 Å². The zero-order valence-electron chi connectivity index (χ0n) is 27.0. The number of phenols is 1. The molecule has 5 rings (SSSR count). The Bertz CT molecular complexity index is 1300. The van der Waals surface area contributed by atoms with Gasteiger partial charge in [-0.05, 0) is 62.8 Å². The molecule has 0 unspecified atom stereocenters. The van der Waals surface area contributed by atoms with E-state index in [0.717, 1.165) is 62.2 Å². The fraction of sp³-hybridized carbons (Fsp3) is 0.579. The number of anilines is 1. The zero-order valence-corrected chi connectivity index (χ0v) is 27.0. The van der Waals surface area contributed by atoms with E-state index >= 15 is 0 Å². The Morgan fingerprint density at radius 1 is 0.750 bits per heavy atom. The van der Waals surface area contributed by atoms with Gasteiger partial charge in [0.15, 0.2) is 5.78 Å². The third-order valence-electron chi connectivity index (χ3n) is 10.4. The van der Waals surface area contributed by atoms with Crippen molar-refractivity contribution in [1.82, 2.24) is 4.90 Å². The number of aromatic hydroxyl groups is 1. The van der Waals surface area contributed by atoms with Gasteiger partial charge in [0.1, 0.15) is 11.5 Å². The number of unbranched alkanes of at least 4 members (excludes halogenated alkanes) is 2. The number of carbonyl (C=O) groups excluding carboxylic acids is 2. The Balaban J connectivity index is 1.28. The molecule has 0 aromatic heterocycles. The van der Waals surface area contributed by atoms with E-state index in [2.05, 4.69) is 9.80 Å². The molecule has 1 aromatic rings. The lowest BCUT2D eigenvalue weighted by Gasteiger charge is -2.28. The molecule has 0 amide bonds. The first-order valence-corrected chi connectivity index (χ1v) is 17.4. The second-order valence-corrected chi connectivity index (χ2v) is 13.3. The predicted octanol–water partition coefficient (Wildman–Crippen LogP) is 8.43. The van der Waals surface area contributed by atoms with Crippen LogP contribution in [-0.4, -0.2) is 52.9 Å². The van der Waals surface area contributed by atoms with E-state index in [9.17, 15) is 19.8 Å². The first-order chi connectivity index (χ1) is 21.4. The number of hydrogen-bond acceptors (Lipinski definition) is 6. The molecule has 2 N–H and O–H groups in total. The number of nitrogens with zero attached hydrogens (tertiary/aromatic N) is 2. The Labute approximate surface area is 264 Å². The minimum Gasteiger partial charge on any atom is -0.507 e. The third kappa shape index (κ3) is 7.33. The van der Waals surface area contributed by atoms with Crippen LogP contribution in [0, 0.1) is 11.8 Å². The topological polar surface area (TPSA) is 81.1 Å². The number of rotatable bonds is 15. The number of Topliss-reactive ketones (excluding diaryl/α,β-unsaturated/α-hetero) is 1. The summed E-state index contributed by atoms with van der Waals surface area (Å²) in [5.41, 5.74) is 2.38. The van der Waals surface area contributed by atoms with Crippen LogP contribution in [0.15, 0.2) is 59.0 Å². The van der Waals surface area contributed by atoms with Crippen molar-refractivity contribution in [2.24, 2.45) is 11.8 Å². The maximum atomic E-state index is 13.3. The monoisotopic (exact) mass is 600 g/mol. The highest BCUT2D eigenvalue weighted by Crippen LogP contribution is 2.43. The average molecular weight is 601 g/mol. The van der Waals surface area contributed by atoms with Crippen molar-refractivity contribution in [3.63, 3.8) is 0 Å². The summed E-state index contributed by atoms with van der Waals surface area (Å²) in [4.78, 5) is 30.6. The smallest absolute Gasteiger partial charge is 0.202 e. The van der Waals surface area contributed by atoms with Crippen LogP contribution in [0.5, 0.6) is 5.75 Å². The number of ketones is 2. The minimum absolute atomic E-state index is 0.0161. The first-order valence-electron chi connectivity index (χ1n) is 17.4. The molecule has 2 fully saturated rings. The number of hydrogen-bond donors (Lipinski definition) is 2. The Kier molecular flexibility index (Phi) is 11.1. The van der Waals surface area contributed by atoms with Gasteiger partial charge in [-0.15, -0.1) is 0 Å². The molecule has 0 radical (unpaired) electrons. The van der Waals surface area contributed by atoms with Gasteiger partial charge in [-0.2, -0.15) is 0 Å². The molecule has 0 saturated heterocycles. The van der Waals surface area contributed by atoms with Gasteiger partial charge in [0, 0.05) is 60.8 Å². The minimum atomic E-state index is -0.408. The van der Waals surface area contributed by atoms with Gasteiger partial charge < -0.3 is 20.0 Å². The highest BCUT2D eigenvalue weighted by Gasteiger charge is 2.39. The SMILES string of the molecule is CCN(CC)C1=CC(=O)C(=C2C(=O)C(c3ccc(N(CCCCC4CCCC4)CCCCC4CCCC4)cc3O)=C2O)C=C1. The summed E-state index contributed by atoms with van der Waals surface area (Å²) in [7, 11) is 0. The lowest BCUT2D eigenvalue weighted by atomic mass is 9.79. The van der Waals surface area contributed by atoms with E-state index in [1.54, 1.807) is 18.2 Å². The summed E-state index contributed by atoms with van der Waals surface area (Å²) >= 11 is 0. The van der Waals surface area contributed by atoms with Crippen molar-refractivity contribution >= 4 is 22.8 Å². The molecule has 6 heteroatoms. The number of carbonyl (C=O) groups is 2. The summed E-state index contributed by atoms with van der Waals surface area (Å²) in [6.45, 7) is 7.50. The van der Waals surface area contributed by atoms with Crippen LogP contribution >= 0.6 is 0 Å². The van der Waals surface area contributed by atoms with Gasteiger partial charge in [-0.1, -0.05) is 77.0 Å². The average Bonchev–Trinajstić information content (AvgIpc) is 3.74. The Hall–Kier alpha value is -3.28. The Morgan fingerprint density at radius 3 is 1.84 bits per heavy atom. The van der Waals surface area contributed by atoms with Gasteiger partial charge in [0.05, 0.1) is 11.1 Å². The molecule has 2 saturated carbocycles. The maximum Gasteiger partial charge on any atom is 0.202 e. The van der Waals surface area contributed by atoms with Gasteiger partial charge in [-0.3, -0.25) is 9.59 Å². The molecule has 0 bridgehead atoms. The van der Waals surface area contributed by atoms with E-state index < -0.39 is 5.78 Å². The van der Waals surface area contributed by atoms with Gasteiger partial charge in [0.2, 0.25) is 5.78 Å². The van der Waals surface area contributed by atoms with Crippen molar-refractivity contribution in [2.75, 3.05) is 31.1 Å². The standard InChI is InChI=1S/C38H52N2O4/c1-3-39(4-2)29-19-21-31(33(41)25-29)35-37(43)36(38(35)44)32-22-20-30(26-34(32)42)40(23-11-9-17-27-13-5-6-14-27)24-12-10-18-28-15-7-8-16-28/h19-22,25-28,42-43H,3-18,23-24H2,1-2H3. The quantitative estimate of drug-likeness (QED) is 0.155. The normalized spacial score (nSPS) is 20.9. The van der Waals surface area contributed by atoms with Crippen molar-refractivity contribution in [3.8, 4) is 5.75 Å². The van der Waals surface area contributed by atoms with E-state index in [4.69, 9.17) is 0 Å². The van der Waals surface area contributed by atoms with E-state index in [1.165, 1.54) is 83.1 Å². The summed E-state index contributed by atoms with van der Waals surface area (Å²) in [5, 5.41) is 22.1. The van der Waals surface area contributed by atoms with Crippen LogP contribution in [-0.2, 0) is 9.59 Å². The largest absolute Gasteiger partial charge is 0.507 e. The van der Waals surface area contributed by atoms with Crippen LogP contribution in [0.3, 0.4) is 0 Å². The molecule has 0 heterocycles. The number of likely N-dealkylation sites (N-methyl/N-ethyl adjacent to an activating group) is 1. The fourth-order valence-corrected chi connectivity index (χ4v) is 7.77. The van der Waals surface area contributed by atoms with Crippen molar-refractivity contribution < 1.29 is 19.8 Å². The van der Waals surface area contributed by atoms with E-state index in [1.807, 2.05) is 26.0 Å². The maximum absolute atomic E-state index is 13.3. The summed E-state index contributed by atoms with van der Waals surface area (Å²) in [6.07, 6.45) is 23.4. The van der Waals surface area contributed by atoms with Gasteiger partial charge in [0.25, 0.3) is 0 Å². The van der Waals surface area contributed by atoms with Crippen molar-refractivity contribution in [3.05, 3.63) is 64.6 Å². The third-order valence-corrected chi connectivity index (χ3v) is 10.4. The molecule has 44 heavy (non-hydrogen) atoms. The predicted molar refractivity (Wildman–Crippen MR) is 179 cm³/mol. The number of aliphatic hydroxyl groups is 1. The molecule has 1 aromatic carbocycles. The van der Waals surface area contributed by atoms with Crippen LogP contribution in [0.1, 0.15) is 109 Å². The molecule has 4 aliphatic rings. The lowest BCUT2D eigenvalue weighted by Crippen LogP contribution is -2.27. The van der Waals surface area contributed by atoms with Crippen LogP contribution in [0.25, 0.3) is 5.57 Å². The molecular weight excluding hydrogens is 548 g/mol. The highest BCUT2D eigenvalue weighted by molar-refractivity contribution is 6.41. The number of benzene rings is 1. The number of allylic oxidation sites excluding steroid dienone is 6. The fourth-order valence-electron chi connectivity index (χ4n) is 7.77. The first kappa shape index (κ1) is 32.1. The second-order valence-electron chi connectivity index (χ2n) is 13.3. The lowest BCUT2D eigenvalue weighted by molar-refractivity contribution is -0.114. The molecule has 0 spiro atoms. The zero-order chi connectivity index (χ0) is 31.1. The van der Waals surface area contributed by atoms with Crippen LogP contribution < -0.4 is 4.90 Å². The van der Waals surface area contributed by atoms with Gasteiger partial charge >= 0.3 is 0 Å². The molecule has 6 nitrogen and oxygen atoms in total. The summed E-state index contributed by atoms with van der Waals surface area (Å²) in [6, 6.07) is 5.45. The Morgan fingerprint density at radius 2 is 1.34 bits per heavy atom. The molecule has 238 valence electrons. The molecule has 0 aliphatic heterocycles. The van der Waals surface area contributed by atoms with Crippen molar-refractivity contribution in [1.29, 1.82) is 0 Å². The van der Waals surface area contributed by atoms with Gasteiger partial charge in [-0.25, -0.2) is 0 Å². The summed E-state index contributed by atoms with van der Waals surface area (Å²) in [5.74, 6) is 0.866. The van der Waals surface area contributed by atoms with E-state index in [0.29, 0.717) is 5.56 Å². The van der Waals surface area contributed by atoms with E-state index in [-0.39, 0.29) is 34.0 Å². The molecule has 0 atom stereocenters. The summed E-state index contributed by atoms with van der Waals surface area (Å²) < 4.78 is 0. The number of phenolic OH excluding ortho intramolecular Hbond substituents is 1. The number of aliphatic hydroxyl groups excluding tert-OH is 1. The molecule has 4 aliphatic carbocycles.